The van der Waals surface area contributed by atoms with E-state index in [1.807, 2.05) is 40.9 Å². The summed E-state index contributed by atoms with van der Waals surface area (Å²) < 4.78 is 59.0. The number of thioether (sulfide) groups is 1. The van der Waals surface area contributed by atoms with Crippen LogP contribution in [0.2, 0.25) is 5.21 Å². The maximum absolute atomic E-state index is 15.8. The zero-order valence-electron chi connectivity index (χ0n) is 41.1. The van der Waals surface area contributed by atoms with Gasteiger partial charge in [-0.25, -0.2) is 4.39 Å². The van der Waals surface area contributed by atoms with Crippen LogP contribution >= 0.6 is 11.8 Å². The number of likely N-dealkylation sites (N-methyl/N-ethyl adjacent to an activating group) is 1. The molecule has 0 aliphatic heterocycles. The van der Waals surface area contributed by atoms with Gasteiger partial charge in [0.25, 0.3) is 5.56 Å². The molecule has 6 nitrogen and oxygen atoms in total. The van der Waals surface area contributed by atoms with Gasteiger partial charge in [-0.15, -0.1) is 0 Å². The first-order chi connectivity index (χ1) is 28.9. The van der Waals surface area contributed by atoms with Gasteiger partial charge < -0.3 is 14.4 Å². The molecule has 0 fully saturated rings. The van der Waals surface area contributed by atoms with E-state index in [9.17, 15) is 22.4 Å². The molecule has 1 amide bonds. The second-order valence-electron chi connectivity index (χ2n) is 20.0. The summed E-state index contributed by atoms with van der Waals surface area (Å²) >= 11 is 1.38. The molecule has 1 aliphatic carbocycles. The van der Waals surface area contributed by atoms with Gasteiger partial charge in [0.05, 0.1) is 21.0 Å². The molecule has 0 radical (unpaired) electrons. The van der Waals surface area contributed by atoms with Crippen molar-refractivity contribution in [1.82, 2.24) is 19.4 Å². The smallest absolute Gasteiger partial charge is 0.336 e. The lowest BCUT2D eigenvalue weighted by atomic mass is 9.20. The third-order valence-corrected chi connectivity index (χ3v) is 16.9. The Labute approximate surface area is 390 Å². The molecule has 1 heterocycles. The monoisotopic (exact) mass is 859 g/mol. The van der Waals surface area contributed by atoms with E-state index in [1.165, 1.54) is 23.9 Å². The number of carbonyl (C=O) groups is 1. The van der Waals surface area contributed by atoms with Crippen molar-refractivity contribution in [2.24, 2.45) is 0 Å². The van der Waals surface area contributed by atoms with Gasteiger partial charge in [-0.2, -0.15) is 18.2 Å². The lowest BCUT2D eigenvalue weighted by Gasteiger charge is -2.46. The third-order valence-electron chi connectivity index (χ3n) is 15.9. The molecule has 4 aromatic rings. The Balaban J connectivity index is 1.73. The van der Waals surface area contributed by atoms with Crippen LogP contribution in [0.15, 0.2) is 34.2 Å². The minimum Gasteiger partial charge on any atom is -0.336 e. The summed E-state index contributed by atoms with van der Waals surface area (Å²) in [6.07, 6.45) is -4.47. The molecule has 1 aliphatic rings. The number of benzene rings is 3. The number of alkyl halides is 3. The third kappa shape index (κ3) is 8.66. The van der Waals surface area contributed by atoms with Crippen LogP contribution < -0.4 is 49.3 Å². The van der Waals surface area contributed by atoms with Crippen molar-refractivity contribution >= 4 is 187 Å². The van der Waals surface area contributed by atoms with E-state index in [0.29, 0.717) is 47.0 Å². The van der Waals surface area contributed by atoms with Crippen LogP contribution in [0.3, 0.4) is 0 Å². The Morgan fingerprint density at radius 2 is 1.22 bits per heavy atom. The molecule has 63 heavy (non-hydrogen) atoms. The number of halogens is 4. The molecule has 0 atom stereocenters. The van der Waals surface area contributed by atoms with Crippen LogP contribution in [0.25, 0.3) is 11.1 Å². The largest absolute Gasteiger partial charge is 0.415 e. The Morgan fingerprint density at radius 3 is 1.68 bits per heavy atom. The van der Waals surface area contributed by atoms with Crippen molar-refractivity contribution in [3.63, 3.8) is 0 Å². The second-order valence-corrected chi connectivity index (χ2v) is 20.9. The Bertz CT molecular complexity index is 2480. The molecule has 0 saturated carbocycles. The van der Waals surface area contributed by atoms with Crippen molar-refractivity contribution in [3.05, 3.63) is 68.4 Å². The topological polar surface area (TPSA) is 58.4 Å². The van der Waals surface area contributed by atoms with E-state index in [-0.39, 0.29) is 28.2 Å². The van der Waals surface area contributed by atoms with E-state index in [1.54, 1.807) is 43.5 Å². The van der Waals surface area contributed by atoms with Crippen LogP contribution in [0.1, 0.15) is 41.8 Å². The van der Waals surface area contributed by atoms with E-state index >= 15 is 4.79 Å². The summed E-state index contributed by atoms with van der Waals surface area (Å²) in [5.74, 6) is -0.0443. The standard InChI is InChI=1S/C36H54B16F4N4O2S/c1-3-58(4-2)9-10-59(11-15-20(37)22(39)16(23(40)21(15)38)17-24(41)26(43)18(35(54,55)56)27(44)25(17)42)30(62)34(49,50)60-28-19(32(45,46)36(51,52)33(28,47)48)29(61)57-31(60)63-12-13-5-7-14(53)8-6-13/h5-8H,3-4,9-12,37-52H2,1-2H3. The fraction of sp³-hybridized carbons (Fsp3) is 0.361. The molecule has 1 aromatic heterocycles. The van der Waals surface area contributed by atoms with Gasteiger partial charge in [-0.1, -0.05) is 97.1 Å². The van der Waals surface area contributed by atoms with E-state index in [2.05, 4.69) is 81.5 Å². The molecule has 5 rings (SSSR count). The summed E-state index contributed by atoms with van der Waals surface area (Å²) in [6.45, 7) is 7.24. The van der Waals surface area contributed by atoms with E-state index in [4.69, 9.17) is 4.98 Å². The van der Waals surface area contributed by atoms with Gasteiger partial charge in [-0.3, -0.25) is 9.59 Å². The number of aromatic nitrogens is 2. The highest BCUT2D eigenvalue weighted by atomic mass is 32.2. The first kappa shape index (κ1) is 51.1. The molecule has 0 saturated heterocycles. The number of hydrogen-bond donors (Lipinski definition) is 0. The Kier molecular flexibility index (Phi) is 14.6. The number of nitrogens with zero attached hydrogens (tertiary/aromatic N) is 4. The molecule has 0 spiro atoms. The molecule has 0 N–H and O–H groups in total. The second kappa shape index (κ2) is 18.0. The maximum atomic E-state index is 15.8. The fourth-order valence-corrected chi connectivity index (χ4v) is 11.3. The van der Waals surface area contributed by atoms with Crippen LogP contribution in [0.4, 0.5) is 17.6 Å². The van der Waals surface area contributed by atoms with Crippen molar-refractivity contribution in [2.75, 3.05) is 26.2 Å². The molecule has 0 bridgehead atoms. The first-order valence-corrected chi connectivity index (χ1v) is 23.3. The van der Waals surface area contributed by atoms with Gasteiger partial charge in [-0.05, 0) is 47.5 Å². The van der Waals surface area contributed by atoms with Crippen LogP contribution in [-0.2, 0) is 39.0 Å². The molecule has 312 valence electrons. The maximum Gasteiger partial charge on any atom is 0.415 e. The van der Waals surface area contributed by atoms with Crippen molar-refractivity contribution in [1.29, 1.82) is 0 Å². The number of carbonyl (C=O) groups excluding carboxylic acids is 1. The van der Waals surface area contributed by atoms with E-state index in [0.717, 1.165) is 62.9 Å². The number of hydrogen-bond acceptors (Lipinski definition) is 5. The van der Waals surface area contributed by atoms with Crippen LogP contribution in [0.5, 0.6) is 0 Å². The zero-order chi connectivity index (χ0) is 47.7. The van der Waals surface area contributed by atoms with E-state index < -0.39 is 32.7 Å². The van der Waals surface area contributed by atoms with Gasteiger partial charge in [0.2, 0.25) is 5.91 Å². The molecular weight excluding hydrogens is 801 g/mol. The Morgan fingerprint density at radius 1 is 0.746 bits per heavy atom. The Hall–Kier alpha value is -2.92. The molecular formula is C36H54B16F4N4O2S. The van der Waals surface area contributed by atoms with Crippen molar-refractivity contribution in [2.45, 2.75) is 58.5 Å². The highest BCUT2D eigenvalue weighted by Crippen LogP contribution is 2.57. The minimum atomic E-state index is -4.47. The molecule has 0 unspecified atom stereocenters. The average molecular weight is 856 g/mol. The van der Waals surface area contributed by atoms with Crippen molar-refractivity contribution < 1.29 is 22.4 Å². The van der Waals surface area contributed by atoms with Gasteiger partial charge in [0, 0.05) is 42.2 Å². The van der Waals surface area contributed by atoms with Gasteiger partial charge in [0.15, 0.2) is 5.16 Å². The summed E-state index contributed by atoms with van der Waals surface area (Å²) in [6, 6.07) is 6.29. The normalized spacial score (nSPS) is 15.3. The number of amides is 1. The fourth-order valence-electron chi connectivity index (χ4n) is 10.2. The van der Waals surface area contributed by atoms with Crippen LogP contribution in [0, 0.1) is 5.82 Å². The lowest BCUT2D eigenvalue weighted by Crippen LogP contribution is -2.57. The summed E-state index contributed by atoms with van der Waals surface area (Å²) in [5.41, 5.74) is 9.84. The highest BCUT2D eigenvalue weighted by molar-refractivity contribution is 7.98. The molecule has 27 heteroatoms. The predicted molar refractivity (Wildman–Crippen MR) is 302 cm³/mol. The molecule has 3 aromatic carbocycles. The average Bonchev–Trinajstić information content (AvgIpc) is 3.30. The lowest BCUT2D eigenvalue weighted by molar-refractivity contribution is -0.136. The first-order valence-electron chi connectivity index (χ1n) is 22.3. The summed E-state index contributed by atoms with van der Waals surface area (Å²) in [5, 5.41) is -2.35. The van der Waals surface area contributed by atoms with Gasteiger partial charge in [0.1, 0.15) is 116 Å². The SMILES string of the molecule is Bc1c(B)c(-c2c(B)c(B)c(C(F)(F)F)c(B)c2B)c(B)c(B)c1CN(CCN(CC)CC)C(=O)C(B)(B)n1c(SCc2ccc(F)cc2)nc(=O)c2c1C(B)(B)C(B)(B)C2(B)B. The summed E-state index contributed by atoms with van der Waals surface area (Å²) in [4.78, 5) is 39.2. The number of rotatable bonds is 13. The quantitative estimate of drug-likeness (QED) is 0.0580. The van der Waals surface area contributed by atoms with Crippen molar-refractivity contribution in [3.8, 4) is 11.1 Å². The minimum absolute atomic E-state index is 0.122. The summed E-state index contributed by atoms with van der Waals surface area (Å²) in [7, 11) is 31.7. The van der Waals surface area contributed by atoms with Gasteiger partial charge >= 0.3 is 6.18 Å². The predicted octanol–water partition coefficient (Wildman–Crippen LogP) is -15.1. The zero-order valence-corrected chi connectivity index (χ0v) is 41.9. The van der Waals surface area contributed by atoms with Crippen LogP contribution in [-0.4, -0.2) is 177 Å². The highest BCUT2D eigenvalue weighted by Gasteiger charge is 2.59. The number of fused-ring (bicyclic) bond motifs is 1.